The lowest BCUT2D eigenvalue weighted by Crippen LogP contribution is -2.47. The molecule has 0 saturated carbocycles. The number of H-pyrrole nitrogens is 2. The highest BCUT2D eigenvalue weighted by atomic mass is 35.5. The molecule has 0 bridgehead atoms. The second-order valence-electron chi connectivity index (χ2n) is 15.5. The van der Waals surface area contributed by atoms with E-state index in [1.807, 2.05) is 4.90 Å². The standard InChI is InChI=1S/C25H24ClFN6O2.C20H22ClFN6O2/c1-35-18-7-4-5-15(9-18)25(34)33-8-3-2-6-17(33)12-29-24-21(27)14-31-23(32-24)20-13-30-22-19(20)10-16(26)11-28-22;1-2-30-20(29)28-6-4-3-5-13(28)9-24-19-16(22)11-26-18(27-19)15-10-25-17-14(15)7-12(21)8-23-17/h4-5,7,9-11,13-14,17H,2-3,6,8,12H2,1H3,(H,28,30)(H,29,31,32);7-8,10-11,13H,2-6,9H2,1H3,(H,23,25)(H,24,26,27). The zero-order valence-corrected chi connectivity index (χ0v) is 37.1. The minimum absolute atomic E-state index is 0.0672. The third kappa shape index (κ3) is 10.3. The van der Waals surface area contributed by atoms with Crippen LogP contribution in [0.5, 0.6) is 5.75 Å². The van der Waals surface area contributed by atoms with Crippen LogP contribution in [0.25, 0.3) is 44.8 Å². The Morgan fingerprint density at radius 1 is 0.754 bits per heavy atom. The summed E-state index contributed by atoms with van der Waals surface area (Å²) in [6, 6.07) is 10.5. The van der Waals surface area contributed by atoms with Crippen LogP contribution in [0.15, 0.2) is 73.6 Å². The molecule has 2 fully saturated rings. The maximum Gasteiger partial charge on any atom is 0.410 e. The number of hydrogen-bond donors (Lipinski definition) is 4. The number of amides is 2. The average Bonchev–Trinajstić information content (AvgIpc) is 3.95. The van der Waals surface area contributed by atoms with Crippen LogP contribution in [0.1, 0.15) is 55.8 Å². The number of rotatable bonds is 11. The quantitative estimate of drug-likeness (QED) is 0.0963. The van der Waals surface area contributed by atoms with E-state index >= 15 is 0 Å². The van der Waals surface area contributed by atoms with Gasteiger partial charge in [-0.25, -0.2) is 43.5 Å². The largest absolute Gasteiger partial charge is 0.497 e. The van der Waals surface area contributed by atoms with Crippen molar-refractivity contribution in [2.45, 2.75) is 57.5 Å². The number of pyridine rings is 2. The Morgan fingerprint density at radius 3 is 1.83 bits per heavy atom. The first-order chi connectivity index (χ1) is 31.6. The summed E-state index contributed by atoms with van der Waals surface area (Å²) in [6.07, 6.45) is 13.9. The molecule has 338 valence electrons. The number of halogens is 4. The highest BCUT2D eigenvalue weighted by molar-refractivity contribution is 6.31. The van der Waals surface area contributed by atoms with Crippen molar-refractivity contribution >= 4 is 68.9 Å². The van der Waals surface area contributed by atoms with E-state index in [4.69, 9.17) is 32.7 Å². The molecular formula is C45H46Cl2F2N12O4. The zero-order chi connectivity index (χ0) is 45.5. The molecule has 6 aromatic heterocycles. The summed E-state index contributed by atoms with van der Waals surface area (Å²) in [7, 11) is 1.57. The van der Waals surface area contributed by atoms with E-state index in [9.17, 15) is 18.4 Å². The normalized spacial score (nSPS) is 16.2. The molecule has 2 atom stereocenters. The molecule has 2 amide bonds. The Kier molecular flexibility index (Phi) is 14.1. The molecule has 16 nitrogen and oxygen atoms in total. The lowest BCUT2D eigenvalue weighted by molar-refractivity contribution is 0.0627. The number of benzene rings is 1. The highest BCUT2D eigenvalue weighted by Crippen LogP contribution is 2.31. The highest BCUT2D eigenvalue weighted by Gasteiger charge is 2.30. The van der Waals surface area contributed by atoms with Gasteiger partial charge in [0.25, 0.3) is 5.91 Å². The molecule has 65 heavy (non-hydrogen) atoms. The van der Waals surface area contributed by atoms with Crippen molar-refractivity contribution in [2.75, 3.05) is 50.5 Å². The number of nitrogens with zero attached hydrogens (tertiary/aromatic N) is 8. The molecule has 2 aliphatic heterocycles. The molecule has 0 spiro atoms. The van der Waals surface area contributed by atoms with Crippen LogP contribution < -0.4 is 15.4 Å². The number of fused-ring (bicyclic) bond motifs is 2. The van der Waals surface area contributed by atoms with Gasteiger partial charge in [-0.3, -0.25) is 4.79 Å². The third-order valence-electron chi connectivity index (χ3n) is 11.3. The number of methoxy groups -OCH3 is 1. The van der Waals surface area contributed by atoms with Crippen molar-refractivity contribution in [3.63, 3.8) is 0 Å². The van der Waals surface area contributed by atoms with Gasteiger partial charge in [-0.05, 0) is 75.8 Å². The second-order valence-corrected chi connectivity index (χ2v) is 16.3. The number of hydrogen-bond acceptors (Lipinski definition) is 12. The lowest BCUT2D eigenvalue weighted by atomic mass is 10.0. The molecule has 2 saturated heterocycles. The van der Waals surface area contributed by atoms with E-state index in [1.54, 1.807) is 80.1 Å². The average molecular weight is 928 g/mol. The number of nitrogens with one attached hydrogen (secondary N) is 4. The summed E-state index contributed by atoms with van der Waals surface area (Å²) >= 11 is 12.2. The molecule has 1 aromatic carbocycles. The van der Waals surface area contributed by atoms with Crippen molar-refractivity contribution in [1.82, 2.24) is 49.7 Å². The van der Waals surface area contributed by atoms with Crippen molar-refractivity contribution in [3.05, 3.63) is 101 Å². The Morgan fingerprint density at radius 2 is 1.29 bits per heavy atom. The fourth-order valence-corrected chi connectivity index (χ4v) is 8.37. The van der Waals surface area contributed by atoms with E-state index in [-0.39, 0.29) is 35.7 Å². The van der Waals surface area contributed by atoms with Gasteiger partial charge in [0, 0.05) is 84.5 Å². The van der Waals surface area contributed by atoms with Crippen LogP contribution in [-0.4, -0.2) is 114 Å². The maximum absolute atomic E-state index is 14.6. The predicted molar refractivity (Wildman–Crippen MR) is 244 cm³/mol. The summed E-state index contributed by atoms with van der Waals surface area (Å²) in [5.41, 5.74) is 3.20. The van der Waals surface area contributed by atoms with Gasteiger partial charge < -0.3 is 39.9 Å². The van der Waals surface area contributed by atoms with Gasteiger partial charge in [0.15, 0.2) is 34.9 Å². The summed E-state index contributed by atoms with van der Waals surface area (Å²) < 4.78 is 39.4. The van der Waals surface area contributed by atoms with Crippen LogP contribution in [-0.2, 0) is 4.74 Å². The first-order valence-corrected chi connectivity index (χ1v) is 22.0. The van der Waals surface area contributed by atoms with Gasteiger partial charge in [0.05, 0.1) is 42.2 Å². The molecule has 8 heterocycles. The Hall–Kier alpha value is -6.66. The monoisotopic (exact) mass is 926 g/mol. The SMILES string of the molecule is CCOC(=O)N1CCCCC1CNc1nc(-c2c[nH]c3ncc(Cl)cc23)ncc1F.COc1cccc(C(=O)N2CCCCC2CNc2nc(-c3c[nH]c4ncc(Cl)cc34)ncc2F)c1. The van der Waals surface area contributed by atoms with Gasteiger partial charge >= 0.3 is 6.09 Å². The van der Waals surface area contributed by atoms with Crippen molar-refractivity contribution in [1.29, 1.82) is 0 Å². The molecule has 0 radical (unpaired) electrons. The summed E-state index contributed by atoms with van der Waals surface area (Å²) in [6.45, 7) is 4.11. The minimum Gasteiger partial charge on any atom is -0.497 e. The van der Waals surface area contributed by atoms with Crippen molar-refractivity contribution in [2.24, 2.45) is 0 Å². The smallest absolute Gasteiger partial charge is 0.410 e. The van der Waals surface area contributed by atoms with Gasteiger partial charge in [0.2, 0.25) is 0 Å². The number of aromatic nitrogens is 8. The van der Waals surface area contributed by atoms with Crippen molar-refractivity contribution in [3.8, 4) is 28.5 Å². The van der Waals surface area contributed by atoms with Crippen LogP contribution in [0.3, 0.4) is 0 Å². The van der Waals surface area contributed by atoms with Crippen LogP contribution in [0, 0.1) is 11.6 Å². The molecular weight excluding hydrogens is 881 g/mol. The fraction of sp³-hybridized carbons (Fsp3) is 0.333. The minimum atomic E-state index is -0.564. The summed E-state index contributed by atoms with van der Waals surface area (Å²) in [5.74, 6) is 0.295. The van der Waals surface area contributed by atoms with Crippen LogP contribution in [0.4, 0.5) is 25.2 Å². The maximum atomic E-state index is 14.6. The fourth-order valence-electron chi connectivity index (χ4n) is 8.06. The third-order valence-corrected chi connectivity index (χ3v) is 11.7. The van der Waals surface area contributed by atoms with E-state index in [0.717, 1.165) is 61.7 Å². The summed E-state index contributed by atoms with van der Waals surface area (Å²) in [4.78, 5) is 60.6. The number of ether oxygens (including phenoxy) is 2. The summed E-state index contributed by atoms with van der Waals surface area (Å²) in [5, 5.41) is 8.62. The van der Waals surface area contributed by atoms with E-state index in [2.05, 4.69) is 50.5 Å². The number of carbonyl (C=O) groups is 2. The Labute approximate surface area is 382 Å². The molecule has 9 rings (SSSR count). The molecule has 0 aliphatic carbocycles. The number of piperidine rings is 2. The molecule has 2 aliphatic rings. The number of aromatic amines is 2. The number of anilines is 2. The Balaban J connectivity index is 0.000000179. The Bertz CT molecular complexity index is 2810. The predicted octanol–water partition coefficient (Wildman–Crippen LogP) is 9.16. The van der Waals surface area contributed by atoms with Gasteiger partial charge in [0.1, 0.15) is 17.0 Å². The molecule has 7 aromatic rings. The second kappa shape index (κ2) is 20.5. The lowest BCUT2D eigenvalue weighted by Gasteiger charge is -2.36. The van der Waals surface area contributed by atoms with Crippen molar-refractivity contribution < 1.29 is 27.8 Å². The topological polar surface area (TPSA) is 192 Å². The number of likely N-dealkylation sites (tertiary alicyclic amines) is 2. The van der Waals surface area contributed by atoms with Gasteiger partial charge in [-0.15, -0.1) is 0 Å². The van der Waals surface area contributed by atoms with E-state index in [1.165, 1.54) is 0 Å². The molecule has 4 N–H and O–H groups in total. The van der Waals surface area contributed by atoms with E-state index < -0.39 is 11.6 Å². The molecule has 2 unspecified atom stereocenters. The van der Waals surface area contributed by atoms with Gasteiger partial charge in [-0.1, -0.05) is 29.3 Å². The van der Waals surface area contributed by atoms with Gasteiger partial charge in [-0.2, -0.15) is 0 Å². The first-order valence-electron chi connectivity index (χ1n) is 21.3. The number of carbonyl (C=O) groups excluding carboxylic acids is 2. The van der Waals surface area contributed by atoms with Crippen LogP contribution >= 0.6 is 23.2 Å². The first kappa shape index (κ1) is 44.9. The molecule has 20 heteroatoms. The van der Waals surface area contributed by atoms with E-state index in [0.29, 0.717) is 88.2 Å². The zero-order valence-electron chi connectivity index (χ0n) is 35.6. The van der Waals surface area contributed by atoms with Crippen LogP contribution in [0.2, 0.25) is 10.0 Å².